The Balaban J connectivity index is 1.52. The van der Waals surface area contributed by atoms with Crippen molar-refractivity contribution in [3.63, 3.8) is 0 Å². The summed E-state index contributed by atoms with van der Waals surface area (Å²) >= 11 is 1.60. The lowest BCUT2D eigenvalue weighted by Crippen LogP contribution is -2.51. The lowest BCUT2D eigenvalue weighted by Gasteiger charge is -2.35. The summed E-state index contributed by atoms with van der Waals surface area (Å²) in [5.41, 5.74) is 6.49. The second kappa shape index (κ2) is 8.47. The van der Waals surface area contributed by atoms with Crippen LogP contribution in [-0.2, 0) is 6.42 Å². The summed E-state index contributed by atoms with van der Waals surface area (Å²) in [6, 6.07) is 6.07. The summed E-state index contributed by atoms with van der Waals surface area (Å²) in [5, 5.41) is 2.93. The van der Waals surface area contributed by atoms with Gasteiger partial charge >= 0.3 is 6.36 Å². The smallest absolute Gasteiger partial charge is 0.406 e. The topological polar surface area (TPSA) is 67.0 Å². The normalized spacial score (nSPS) is 15.9. The summed E-state index contributed by atoms with van der Waals surface area (Å²) in [4.78, 5) is 12.8. The fourth-order valence-corrected chi connectivity index (χ4v) is 3.52. The van der Waals surface area contributed by atoms with Crippen molar-refractivity contribution in [1.82, 2.24) is 9.88 Å². The second-order valence-electron chi connectivity index (χ2n) is 5.93. The second-order valence-corrected chi connectivity index (χ2v) is 6.81. The molecule has 146 valence electrons. The van der Waals surface area contributed by atoms with Crippen molar-refractivity contribution in [2.24, 2.45) is 10.7 Å². The third-order valence-electron chi connectivity index (χ3n) is 4.15. The average molecular weight is 399 g/mol. The van der Waals surface area contributed by atoms with E-state index in [9.17, 15) is 13.2 Å². The van der Waals surface area contributed by atoms with E-state index in [1.807, 2.05) is 10.3 Å². The molecule has 2 N–H and O–H groups in total. The number of nitrogens with zero attached hydrogens (tertiary/aromatic N) is 4. The standard InChI is InChI=1S/C17H20F3N5OS/c18-17(19,20)26-14-4-2-1-3-13(14)5-6-22-15(21)24-8-10-25(11-9-24)16-23-7-12-27-16/h1-4,7,12H,5-6,8-11H2,(H2,21,22). The highest BCUT2D eigenvalue weighted by Crippen LogP contribution is 2.26. The Kier molecular flexibility index (Phi) is 6.04. The van der Waals surface area contributed by atoms with Gasteiger partial charge in [-0.2, -0.15) is 0 Å². The highest BCUT2D eigenvalue weighted by molar-refractivity contribution is 7.13. The fourth-order valence-electron chi connectivity index (χ4n) is 2.82. The molecule has 1 aromatic carbocycles. The first kappa shape index (κ1) is 19.3. The fraction of sp³-hybridized carbons (Fsp3) is 0.412. The maximum atomic E-state index is 12.5. The van der Waals surface area contributed by atoms with E-state index in [1.165, 1.54) is 12.1 Å². The van der Waals surface area contributed by atoms with Crippen LogP contribution in [0.4, 0.5) is 18.3 Å². The highest BCUT2D eigenvalue weighted by atomic mass is 32.1. The maximum Gasteiger partial charge on any atom is 0.573 e. The molecule has 0 saturated carbocycles. The van der Waals surface area contributed by atoms with E-state index in [1.54, 1.807) is 29.7 Å². The van der Waals surface area contributed by atoms with Crippen molar-refractivity contribution in [2.45, 2.75) is 12.8 Å². The quantitative estimate of drug-likeness (QED) is 0.619. The molecule has 1 aromatic heterocycles. The minimum atomic E-state index is -4.71. The van der Waals surface area contributed by atoms with Gasteiger partial charge in [0.05, 0.1) is 0 Å². The number of benzene rings is 1. The van der Waals surface area contributed by atoms with Crippen molar-refractivity contribution in [2.75, 3.05) is 37.6 Å². The molecule has 1 fully saturated rings. The van der Waals surface area contributed by atoms with Gasteiger partial charge in [-0.1, -0.05) is 18.2 Å². The van der Waals surface area contributed by atoms with E-state index >= 15 is 0 Å². The van der Waals surface area contributed by atoms with Crippen LogP contribution in [0.25, 0.3) is 0 Å². The van der Waals surface area contributed by atoms with E-state index in [0.717, 1.165) is 31.3 Å². The molecule has 0 radical (unpaired) electrons. The van der Waals surface area contributed by atoms with Crippen LogP contribution in [0.2, 0.25) is 0 Å². The number of rotatable bonds is 5. The molecule has 0 amide bonds. The summed E-state index contributed by atoms with van der Waals surface area (Å²) in [6.07, 6.45) is -2.62. The zero-order valence-electron chi connectivity index (χ0n) is 14.5. The molecule has 1 aliphatic rings. The van der Waals surface area contributed by atoms with Crippen LogP contribution >= 0.6 is 11.3 Å². The van der Waals surface area contributed by atoms with Gasteiger partial charge in [-0.05, 0) is 18.1 Å². The minimum absolute atomic E-state index is 0.198. The van der Waals surface area contributed by atoms with Crippen LogP contribution in [0.5, 0.6) is 5.75 Å². The lowest BCUT2D eigenvalue weighted by molar-refractivity contribution is -0.274. The molecular weight excluding hydrogens is 379 g/mol. The number of thiazole rings is 1. The first-order chi connectivity index (χ1) is 12.9. The van der Waals surface area contributed by atoms with E-state index < -0.39 is 6.36 Å². The number of para-hydroxylation sites is 1. The van der Waals surface area contributed by atoms with Gasteiger partial charge < -0.3 is 20.3 Å². The Morgan fingerprint density at radius 2 is 1.96 bits per heavy atom. The first-order valence-electron chi connectivity index (χ1n) is 8.45. The molecule has 0 unspecified atom stereocenters. The van der Waals surface area contributed by atoms with E-state index in [0.29, 0.717) is 17.9 Å². The van der Waals surface area contributed by atoms with Crippen molar-refractivity contribution >= 4 is 22.4 Å². The molecule has 3 rings (SSSR count). The SMILES string of the molecule is NC(=NCCc1ccccc1OC(F)(F)F)N1CCN(c2nccs2)CC1. The van der Waals surface area contributed by atoms with Gasteiger partial charge in [-0.25, -0.2) is 4.98 Å². The van der Waals surface area contributed by atoms with Crippen LogP contribution in [-0.4, -0.2) is 54.9 Å². The molecule has 27 heavy (non-hydrogen) atoms. The van der Waals surface area contributed by atoms with Crippen molar-refractivity contribution in [3.8, 4) is 5.75 Å². The Labute approximate surface area is 159 Å². The molecule has 2 aromatic rings. The molecular formula is C17H20F3N5OS. The largest absolute Gasteiger partial charge is 0.573 e. The first-order valence-corrected chi connectivity index (χ1v) is 9.33. The summed E-state index contributed by atoms with van der Waals surface area (Å²) < 4.78 is 41.4. The number of guanidine groups is 1. The van der Waals surface area contributed by atoms with Gasteiger partial charge in [-0.15, -0.1) is 24.5 Å². The van der Waals surface area contributed by atoms with Crippen LogP contribution in [0.15, 0.2) is 40.8 Å². The molecule has 10 heteroatoms. The Hall–Kier alpha value is -2.49. The van der Waals surface area contributed by atoms with E-state index in [4.69, 9.17) is 5.73 Å². The minimum Gasteiger partial charge on any atom is -0.406 e. The number of aliphatic imine (C=N–C) groups is 1. The highest BCUT2D eigenvalue weighted by Gasteiger charge is 2.31. The van der Waals surface area contributed by atoms with Gasteiger partial charge in [0.2, 0.25) is 0 Å². The van der Waals surface area contributed by atoms with Crippen LogP contribution in [0, 0.1) is 0 Å². The molecule has 1 saturated heterocycles. The van der Waals surface area contributed by atoms with Gasteiger partial charge in [-0.3, -0.25) is 4.99 Å². The van der Waals surface area contributed by atoms with Gasteiger partial charge in [0.1, 0.15) is 5.75 Å². The predicted octanol–water partition coefficient (Wildman–Crippen LogP) is 2.72. The average Bonchev–Trinajstić information content (AvgIpc) is 3.17. The molecule has 0 aliphatic carbocycles. The van der Waals surface area contributed by atoms with Crippen molar-refractivity contribution in [3.05, 3.63) is 41.4 Å². The lowest BCUT2D eigenvalue weighted by atomic mass is 10.1. The number of ether oxygens (including phenoxy) is 1. The summed E-state index contributed by atoms with van der Waals surface area (Å²) in [6.45, 7) is 3.33. The van der Waals surface area contributed by atoms with E-state index in [2.05, 4.69) is 19.6 Å². The number of nitrogens with two attached hydrogens (primary N) is 1. The molecule has 0 bridgehead atoms. The Morgan fingerprint density at radius 3 is 2.63 bits per heavy atom. The van der Waals surface area contributed by atoms with E-state index in [-0.39, 0.29) is 12.3 Å². The predicted molar refractivity (Wildman–Crippen MR) is 99.2 cm³/mol. The summed E-state index contributed by atoms with van der Waals surface area (Å²) in [5.74, 6) is 0.207. The number of aromatic nitrogens is 1. The van der Waals surface area contributed by atoms with Crippen LogP contribution < -0.4 is 15.4 Å². The number of hydrogen-bond donors (Lipinski definition) is 1. The number of halogens is 3. The Bertz CT molecular complexity index is 758. The number of alkyl halides is 3. The zero-order valence-corrected chi connectivity index (χ0v) is 15.3. The molecule has 1 aliphatic heterocycles. The summed E-state index contributed by atoms with van der Waals surface area (Å²) in [7, 11) is 0. The molecule has 2 heterocycles. The monoisotopic (exact) mass is 399 g/mol. The van der Waals surface area contributed by atoms with Gasteiger partial charge in [0, 0.05) is 44.3 Å². The number of anilines is 1. The van der Waals surface area contributed by atoms with Gasteiger partial charge in [0.25, 0.3) is 0 Å². The molecule has 6 nitrogen and oxygen atoms in total. The van der Waals surface area contributed by atoms with Crippen LogP contribution in [0.1, 0.15) is 5.56 Å². The zero-order chi connectivity index (χ0) is 19.3. The maximum absolute atomic E-state index is 12.5. The Morgan fingerprint density at radius 1 is 1.22 bits per heavy atom. The third-order valence-corrected chi connectivity index (χ3v) is 4.98. The number of hydrogen-bond acceptors (Lipinski definition) is 5. The molecule has 0 spiro atoms. The van der Waals surface area contributed by atoms with Crippen molar-refractivity contribution in [1.29, 1.82) is 0 Å². The van der Waals surface area contributed by atoms with Gasteiger partial charge in [0.15, 0.2) is 11.1 Å². The number of piperazine rings is 1. The third kappa shape index (κ3) is 5.49. The van der Waals surface area contributed by atoms with Crippen molar-refractivity contribution < 1.29 is 17.9 Å². The van der Waals surface area contributed by atoms with Crippen LogP contribution in [0.3, 0.4) is 0 Å². The molecule has 0 atom stereocenters.